The van der Waals surface area contributed by atoms with Crippen LogP contribution in [-0.4, -0.2) is 38.0 Å². The Morgan fingerprint density at radius 3 is 2.96 bits per heavy atom. The maximum absolute atomic E-state index is 12.7. The SMILES string of the molecule is CN(Cc1nc2ccsc2c(=O)[nH]1)C(=O)c1cc(C2CCCCC2)[nH]n1. The number of nitrogens with zero attached hydrogens (tertiary/aromatic N) is 3. The number of carbonyl (C=O) groups excluding carboxylic acids is 1. The minimum Gasteiger partial charge on any atom is -0.333 e. The van der Waals surface area contributed by atoms with Crippen molar-refractivity contribution in [3.05, 3.63) is 45.1 Å². The number of amides is 1. The number of aromatic nitrogens is 4. The first kappa shape index (κ1) is 17.0. The molecular weight excluding hydrogens is 350 g/mol. The van der Waals surface area contributed by atoms with Crippen molar-refractivity contribution in [2.75, 3.05) is 7.05 Å². The van der Waals surface area contributed by atoms with Crippen LogP contribution in [0.1, 0.15) is 60.0 Å². The van der Waals surface area contributed by atoms with E-state index >= 15 is 0 Å². The molecule has 3 heterocycles. The molecule has 0 saturated heterocycles. The molecule has 3 aromatic rings. The number of thiophene rings is 1. The third kappa shape index (κ3) is 3.29. The Morgan fingerprint density at radius 2 is 2.15 bits per heavy atom. The highest BCUT2D eigenvalue weighted by atomic mass is 32.1. The quantitative estimate of drug-likeness (QED) is 0.737. The lowest BCUT2D eigenvalue weighted by molar-refractivity contribution is 0.0775. The van der Waals surface area contributed by atoms with E-state index in [1.165, 1.54) is 35.5 Å². The number of hydrogen-bond donors (Lipinski definition) is 2. The predicted octanol–water partition coefficient (Wildman–Crippen LogP) is 3.03. The average molecular weight is 371 g/mol. The largest absolute Gasteiger partial charge is 0.333 e. The Morgan fingerprint density at radius 1 is 1.35 bits per heavy atom. The summed E-state index contributed by atoms with van der Waals surface area (Å²) in [6.07, 6.45) is 6.06. The maximum atomic E-state index is 12.7. The first-order chi connectivity index (χ1) is 12.6. The van der Waals surface area contributed by atoms with Crippen LogP contribution in [0.25, 0.3) is 10.2 Å². The van der Waals surface area contributed by atoms with Gasteiger partial charge in [-0.2, -0.15) is 5.10 Å². The van der Waals surface area contributed by atoms with E-state index in [2.05, 4.69) is 20.2 Å². The number of fused-ring (bicyclic) bond motifs is 1. The van der Waals surface area contributed by atoms with Crippen molar-refractivity contribution in [3.8, 4) is 0 Å². The molecule has 0 aliphatic heterocycles. The van der Waals surface area contributed by atoms with Gasteiger partial charge in [-0.15, -0.1) is 11.3 Å². The van der Waals surface area contributed by atoms with Crippen LogP contribution in [0.3, 0.4) is 0 Å². The molecule has 4 rings (SSSR count). The number of carbonyl (C=O) groups is 1. The normalized spacial score (nSPS) is 15.4. The fraction of sp³-hybridized carbons (Fsp3) is 0.444. The summed E-state index contributed by atoms with van der Waals surface area (Å²) < 4.78 is 0.604. The molecule has 8 heteroatoms. The molecular formula is C18H21N5O2S. The van der Waals surface area contributed by atoms with Crippen molar-refractivity contribution in [2.45, 2.75) is 44.6 Å². The number of H-pyrrole nitrogens is 2. The van der Waals surface area contributed by atoms with Crippen LogP contribution < -0.4 is 5.56 Å². The number of nitrogens with one attached hydrogen (secondary N) is 2. The van der Waals surface area contributed by atoms with E-state index in [1.54, 1.807) is 7.05 Å². The van der Waals surface area contributed by atoms with Crippen molar-refractivity contribution in [1.82, 2.24) is 25.1 Å². The van der Waals surface area contributed by atoms with E-state index in [-0.39, 0.29) is 18.0 Å². The summed E-state index contributed by atoms with van der Waals surface area (Å²) in [6.45, 7) is 0.228. The van der Waals surface area contributed by atoms with Crippen LogP contribution in [0.15, 0.2) is 22.3 Å². The topological polar surface area (TPSA) is 94.7 Å². The Labute approximate surface area is 154 Å². The standard InChI is InChI=1S/C18H21N5O2S/c1-23(10-15-19-12-7-8-26-16(12)17(24)20-15)18(25)14-9-13(21-22-14)11-5-3-2-4-6-11/h7-9,11H,2-6,10H2,1H3,(H,21,22)(H,19,20,24). The number of rotatable bonds is 4. The molecule has 26 heavy (non-hydrogen) atoms. The second-order valence-corrected chi connectivity index (χ2v) is 7.77. The monoisotopic (exact) mass is 371 g/mol. The van der Waals surface area contributed by atoms with Crippen LogP contribution >= 0.6 is 11.3 Å². The van der Waals surface area contributed by atoms with E-state index in [0.29, 0.717) is 27.7 Å². The van der Waals surface area contributed by atoms with Gasteiger partial charge in [0.1, 0.15) is 16.2 Å². The van der Waals surface area contributed by atoms with Gasteiger partial charge in [-0.3, -0.25) is 14.7 Å². The summed E-state index contributed by atoms with van der Waals surface area (Å²) in [4.78, 5) is 33.4. The van der Waals surface area contributed by atoms with Gasteiger partial charge in [-0.25, -0.2) is 4.98 Å². The lowest BCUT2D eigenvalue weighted by atomic mass is 9.87. The minimum absolute atomic E-state index is 0.166. The van der Waals surface area contributed by atoms with E-state index in [0.717, 1.165) is 18.5 Å². The maximum Gasteiger partial charge on any atom is 0.274 e. The molecule has 0 radical (unpaired) electrons. The lowest BCUT2D eigenvalue weighted by Crippen LogP contribution is -2.28. The molecule has 0 aromatic carbocycles. The summed E-state index contributed by atoms with van der Waals surface area (Å²) in [5.41, 5.74) is 1.95. The van der Waals surface area contributed by atoms with E-state index < -0.39 is 0 Å². The summed E-state index contributed by atoms with van der Waals surface area (Å²) in [7, 11) is 1.69. The lowest BCUT2D eigenvalue weighted by Gasteiger charge is -2.19. The average Bonchev–Trinajstić information content (AvgIpc) is 3.31. The molecule has 0 unspecified atom stereocenters. The van der Waals surface area contributed by atoms with Gasteiger partial charge in [-0.1, -0.05) is 19.3 Å². The first-order valence-corrected chi connectivity index (χ1v) is 9.77. The Balaban J connectivity index is 1.48. The van der Waals surface area contributed by atoms with Crippen molar-refractivity contribution in [1.29, 1.82) is 0 Å². The minimum atomic E-state index is -0.184. The molecule has 136 valence electrons. The van der Waals surface area contributed by atoms with Crippen LogP contribution in [-0.2, 0) is 6.54 Å². The highest BCUT2D eigenvalue weighted by molar-refractivity contribution is 7.17. The summed E-state index contributed by atoms with van der Waals surface area (Å²) in [5.74, 6) is 0.762. The molecule has 1 fully saturated rings. The Kier molecular flexibility index (Phi) is 4.58. The van der Waals surface area contributed by atoms with Gasteiger partial charge in [0, 0.05) is 18.7 Å². The van der Waals surface area contributed by atoms with E-state index in [1.807, 2.05) is 17.5 Å². The second kappa shape index (κ2) is 7.03. The summed E-state index contributed by atoms with van der Waals surface area (Å²) >= 11 is 1.36. The van der Waals surface area contributed by atoms with E-state index in [9.17, 15) is 9.59 Å². The van der Waals surface area contributed by atoms with Gasteiger partial charge < -0.3 is 9.88 Å². The van der Waals surface area contributed by atoms with Gasteiger partial charge in [-0.05, 0) is 30.4 Å². The molecule has 1 aliphatic carbocycles. The number of hydrogen-bond acceptors (Lipinski definition) is 5. The molecule has 0 spiro atoms. The summed E-state index contributed by atoms with van der Waals surface area (Å²) in [6, 6.07) is 3.68. The molecule has 0 atom stereocenters. The summed E-state index contributed by atoms with van der Waals surface area (Å²) in [5, 5.41) is 9.08. The van der Waals surface area contributed by atoms with Crippen molar-refractivity contribution in [2.24, 2.45) is 0 Å². The van der Waals surface area contributed by atoms with Crippen LogP contribution in [0, 0.1) is 0 Å². The molecule has 3 aromatic heterocycles. The molecule has 1 aliphatic rings. The third-order valence-corrected chi connectivity index (χ3v) is 5.86. The van der Waals surface area contributed by atoms with Gasteiger partial charge in [0.2, 0.25) is 0 Å². The van der Waals surface area contributed by atoms with Crippen molar-refractivity contribution >= 4 is 27.5 Å². The predicted molar refractivity (Wildman–Crippen MR) is 100 cm³/mol. The molecule has 2 N–H and O–H groups in total. The second-order valence-electron chi connectivity index (χ2n) is 6.85. The van der Waals surface area contributed by atoms with Crippen molar-refractivity contribution in [3.63, 3.8) is 0 Å². The zero-order chi connectivity index (χ0) is 18.1. The third-order valence-electron chi connectivity index (χ3n) is 4.96. The fourth-order valence-corrected chi connectivity index (χ4v) is 4.28. The smallest absolute Gasteiger partial charge is 0.274 e. The Bertz CT molecular complexity index is 983. The highest BCUT2D eigenvalue weighted by Crippen LogP contribution is 2.31. The molecule has 7 nitrogen and oxygen atoms in total. The molecule has 0 bridgehead atoms. The van der Waals surface area contributed by atoms with Crippen LogP contribution in [0.2, 0.25) is 0 Å². The van der Waals surface area contributed by atoms with Crippen molar-refractivity contribution < 1.29 is 4.79 Å². The van der Waals surface area contributed by atoms with Crippen LogP contribution in [0.5, 0.6) is 0 Å². The van der Waals surface area contributed by atoms with Gasteiger partial charge in [0.25, 0.3) is 11.5 Å². The first-order valence-electron chi connectivity index (χ1n) is 8.89. The number of aromatic amines is 2. The molecule has 1 saturated carbocycles. The van der Waals surface area contributed by atoms with Gasteiger partial charge in [0.05, 0.1) is 12.1 Å². The van der Waals surface area contributed by atoms with Gasteiger partial charge in [0.15, 0.2) is 0 Å². The fourth-order valence-electron chi connectivity index (χ4n) is 3.56. The zero-order valence-corrected chi connectivity index (χ0v) is 15.4. The van der Waals surface area contributed by atoms with Crippen LogP contribution in [0.4, 0.5) is 0 Å². The highest BCUT2D eigenvalue weighted by Gasteiger charge is 2.21. The van der Waals surface area contributed by atoms with E-state index in [4.69, 9.17) is 0 Å². The Hall–Kier alpha value is -2.48. The van der Waals surface area contributed by atoms with Gasteiger partial charge >= 0.3 is 0 Å². The zero-order valence-electron chi connectivity index (χ0n) is 14.6. The molecule has 1 amide bonds.